The molecule has 1 aromatic rings. The van der Waals surface area contributed by atoms with E-state index in [1.54, 1.807) is 4.90 Å². The van der Waals surface area contributed by atoms with E-state index in [2.05, 4.69) is 26.1 Å². The molecule has 0 aliphatic carbocycles. The van der Waals surface area contributed by atoms with Crippen LogP contribution in [-0.2, 0) is 4.74 Å². The van der Waals surface area contributed by atoms with Crippen molar-refractivity contribution < 1.29 is 9.53 Å². The third-order valence-electron chi connectivity index (χ3n) is 3.31. The number of carbonyl (C=O) groups is 1. The van der Waals surface area contributed by atoms with Crippen molar-refractivity contribution in [1.82, 2.24) is 0 Å². The van der Waals surface area contributed by atoms with Crippen molar-refractivity contribution in [3.05, 3.63) is 24.3 Å². The van der Waals surface area contributed by atoms with Gasteiger partial charge in [-0.2, -0.15) is 0 Å². The Bertz CT molecular complexity index is 432. The molecule has 1 saturated heterocycles. The highest BCUT2D eigenvalue weighted by atomic mass is 16.6. The number of hydrogen-bond acceptors (Lipinski definition) is 3. The molecule has 0 aromatic heterocycles. The monoisotopic (exact) mass is 248 g/mol. The molecule has 1 aliphatic rings. The summed E-state index contributed by atoms with van der Waals surface area (Å²) in [7, 11) is 0. The minimum Gasteiger partial charge on any atom is -0.447 e. The first-order valence-electron chi connectivity index (χ1n) is 6.39. The number of rotatable bonds is 4. The molecule has 0 saturated carbocycles. The molecule has 4 heteroatoms. The Morgan fingerprint density at radius 1 is 1.33 bits per heavy atom. The van der Waals surface area contributed by atoms with Gasteiger partial charge in [0.1, 0.15) is 6.61 Å². The molecular weight excluding hydrogens is 228 g/mol. The number of nitrogens with zero attached hydrogens (tertiary/aromatic N) is 1. The molecule has 0 bridgehead atoms. The van der Waals surface area contributed by atoms with E-state index in [1.807, 2.05) is 24.3 Å². The van der Waals surface area contributed by atoms with Gasteiger partial charge in [0.25, 0.3) is 0 Å². The van der Waals surface area contributed by atoms with E-state index >= 15 is 0 Å². The van der Waals surface area contributed by atoms with Gasteiger partial charge in [0.2, 0.25) is 0 Å². The Kier molecular flexibility index (Phi) is 3.75. The van der Waals surface area contributed by atoms with E-state index in [9.17, 15) is 4.79 Å². The summed E-state index contributed by atoms with van der Waals surface area (Å²) in [5.74, 6) is 0.561. The molecule has 1 heterocycles. The molecule has 2 rings (SSSR count). The van der Waals surface area contributed by atoms with Gasteiger partial charge in [0, 0.05) is 17.4 Å². The Labute approximate surface area is 108 Å². The van der Waals surface area contributed by atoms with E-state index in [4.69, 9.17) is 4.74 Å². The molecule has 1 aromatic carbocycles. The van der Waals surface area contributed by atoms with E-state index in [1.165, 1.54) is 0 Å². The van der Waals surface area contributed by atoms with Crippen LogP contribution < -0.4 is 10.2 Å². The predicted molar refractivity (Wildman–Crippen MR) is 73.1 cm³/mol. The van der Waals surface area contributed by atoms with E-state index in [0.29, 0.717) is 25.1 Å². The highest BCUT2D eigenvalue weighted by Crippen LogP contribution is 2.23. The molecule has 18 heavy (non-hydrogen) atoms. The normalized spacial score (nSPS) is 16.9. The number of benzene rings is 1. The first kappa shape index (κ1) is 12.7. The quantitative estimate of drug-likeness (QED) is 0.890. The van der Waals surface area contributed by atoms with Crippen LogP contribution in [-0.4, -0.2) is 25.3 Å². The lowest BCUT2D eigenvalue weighted by atomic mass is 10.1. The predicted octanol–water partition coefficient (Wildman–Crippen LogP) is 3.10. The highest BCUT2D eigenvalue weighted by molar-refractivity contribution is 5.89. The Hall–Kier alpha value is -1.71. The lowest BCUT2D eigenvalue weighted by Crippen LogP contribution is -2.24. The maximum atomic E-state index is 11.5. The van der Waals surface area contributed by atoms with E-state index in [0.717, 1.165) is 11.4 Å². The third kappa shape index (κ3) is 2.75. The smallest absolute Gasteiger partial charge is 0.414 e. The van der Waals surface area contributed by atoms with Crippen molar-refractivity contribution >= 4 is 17.5 Å². The summed E-state index contributed by atoms with van der Waals surface area (Å²) < 4.78 is 4.95. The first-order valence-corrected chi connectivity index (χ1v) is 6.39. The molecule has 1 fully saturated rings. The van der Waals surface area contributed by atoms with Crippen molar-refractivity contribution in [2.75, 3.05) is 23.4 Å². The van der Waals surface area contributed by atoms with Gasteiger partial charge in [-0.05, 0) is 31.0 Å². The van der Waals surface area contributed by atoms with Crippen LogP contribution in [0.25, 0.3) is 0 Å². The molecule has 98 valence electrons. The SMILES string of the molecule is CC(C)C(C)Nc1cccc(N2CCOC2=O)c1. The average molecular weight is 248 g/mol. The number of amides is 1. The van der Waals surface area contributed by atoms with Crippen LogP contribution in [0.1, 0.15) is 20.8 Å². The fraction of sp³-hybridized carbons (Fsp3) is 0.500. The Balaban J connectivity index is 2.12. The molecule has 4 nitrogen and oxygen atoms in total. The van der Waals surface area contributed by atoms with Crippen LogP contribution in [0.2, 0.25) is 0 Å². The Morgan fingerprint density at radius 2 is 2.11 bits per heavy atom. The largest absolute Gasteiger partial charge is 0.447 e. The number of ether oxygens (including phenoxy) is 1. The fourth-order valence-electron chi connectivity index (χ4n) is 1.82. The van der Waals surface area contributed by atoms with Crippen molar-refractivity contribution in [3.8, 4) is 0 Å². The van der Waals surface area contributed by atoms with Gasteiger partial charge in [-0.25, -0.2) is 4.79 Å². The van der Waals surface area contributed by atoms with Crippen LogP contribution in [0.5, 0.6) is 0 Å². The molecule has 1 atom stereocenters. The number of carbonyl (C=O) groups excluding carboxylic acids is 1. The summed E-state index contributed by atoms with van der Waals surface area (Å²) in [4.78, 5) is 13.2. The summed E-state index contributed by atoms with van der Waals surface area (Å²) >= 11 is 0. The minimum atomic E-state index is -0.260. The second-order valence-corrected chi connectivity index (χ2v) is 4.99. The van der Waals surface area contributed by atoms with Crippen LogP contribution in [0, 0.1) is 5.92 Å². The maximum absolute atomic E-state index is 11.5. The number of anilines is 2. The summed E-state index contributed by atoms with van der Waals surface area (Å²) in [6, 6.07) is 8.29. The van der Waals surface area contributed by atoms with Gasteiger partial charge in [-0.3, -0.25) is 4.90 Å². The third-order valence-corrected chi connectivity index (χ3v) is 3.31. The van der Waals surface area contributed by atoms with Gasteiger partial charge in [0.05, 0.1) is 6.54 Å². The molecular formula is C14H20N2O2. The lowest BCUT2D eigenvalue weighted by molar-refractivity contribution is 0.181. The van der Waals surface area contributed by atoms with Gasteiger partial charge in [-0.15, -0.1) is 0 Å². The second kappa shape index (κ2) is 5.29. The van der Waals surface area contributed by atoms with Crippen LogP contribution in [0.3, 0.4) is 0 Å². The topological polar surface area (TPSA) is 41.6 Å². The van der Waals surface area contributed by atoms with E-state index < -0.39 is 0 Å². The zero-order chi connectivity index (χ0) is 13.1. The van der Waals surface area contributed by atoms with Crippen LogP contribution in [0.4, 0.5) is 16.2 Å². The molecule has 0 radical (unpaired) electrons. The van der Waals surface area contributed by atoms with Gasteiger partial charge >= 0.3 is 6.09 Å². The van der Waals surface area contributed by atoms with Crippen LogP contribution >= 0.6 is 0 Å². The molecule has 1 amide bonds. The lowest BCUT2D eigenvalue weighted by Gasteiger charge is -2.20. The van der Waals surface area contributed by atoms with Crippen LogP contribution in [0.15, 0.2) is 24.3 Å². The first-order chi connectivity index (χ1) is 8.58. The Morgan fingerprint density at radius 3 is 2.72 bits per heavy atom. The summed E-state index contributed by atoms with van der Waals surface area (Å²) in [5.41, 5.74) is 1.92. The van der Waals surface area contributed by atoms with Crippen molar-refractivity contribution in [2.24, 2.45) is 5.92 Å². The number of cyclic esters (lactones) is 1. The maximum Gasteiger partial charge on any atom is 0.414 e. The number of hydrogen-bond donors (Lipinski definition) is 1. The number of nitrogens with one attached hydrogen (secondary N) is 1. The van der Waals surface area contributed by atoms with Crippen molar-refractivity contribution in [2.45, 2.75) is 26.8 Å². The summed E-state index contributed by atoms with van der Waals surface area (Å²) in [6.07, 6.45) is -0.260. The van der Waals surface area contributed by atoms with Crippen molar-refractivity contribution in [3.63, 3.8) is 0 Å². The summed E-state index contributed by atoms with van der Waals surface area (Å²) in [6.45, 7) is 7.61. The standard InChI is InChI=1S/C14H20N2O2/c1-10(2)11(3)15-12-5-4-6-13(9-12)16-7-8-18-14(16)17/h4-6,9-11,15H,7-8H2,1-3H3. The minimum absolute atomic E-state index is 0.260. The van der Waals surface area contributed by atoms with Gasteiger partial charge in [-0.1, -0.05) is 19.9 Å². The fourth-order valence-corrected chi connectivity index (χ4v) is 1.82. The molecule has 1 aliphatic heterocycles. The van der Waals surface area contributed by atoms with Gasteiger partial charge in [0.15, 0.2) is 0 Å². The molecule has 0 spiro atoms. The van der Waals surface area contributed by atoms with Gasteiger partial charge < -0.3 is 10.1 Å². The second-order valence-electron chi connectivity index (χ2n) is 4.99. The molecule has 1 unspecified atom stereocenters. The molecule has 1 N–H and O–H groups in total. The summed E-state index contributed by atoms with van der Waals surface area (Å²) in [5, 5.41) is 3.44. The van der Waals surface area contributed by atoms with E-state index in [-0.39, 0.29) is 6.09 Å². The zero-order valence-electron chi connectivity index (χ0n) is 11.1. The zero-order valence-corrected chi connectivity index (χ0v) is 11.1. The average Bonchev–Trinajstić information content (AvgIpc) is 2.75. The highest BCUT2D eigenvalue weighted by Gasteiger charge is 2.23. The van der Waals surface area contributed by atoms with Crippen molar-refractivity contribution in [1.29, 1.82) is 0 Å².